The van der Waals surface area contributed by atoms with Crippen LogP contribution in [0.4, 0.5) is 9.59 Å². The van der Waals surface area contributed by atoms with Crippen molar-refractivity contribution in [3.05, 3.63) is 58.8 Å². The Hall–Kier alpha value is -5.48. The summed E-state index contributed by atoms with van der Waals surface area (Å²) in [6, 6.07) is 10.7. The molecule has 0 unspecified atom stereocenters. The van der Waals surface area contributed by atoms with E-state index < -0.39 is 24.3 Å². The third-order valence-corrected chi connectivity index (χ3v) is 13.5. The molecule has 4 N–H and O–H groups in total. The fourth-order valence-electron chi connectivity index (χ4n) is 8.31. The Morgan fingerprint density at radius 3 is 1.48 bits per heavy atom. The van der Waals surface area contributed by atoms with Gasteiger partial charge in [-0.1, -0.05) is 39.8 Å². The summed E-state index contributed by atoms with van der Waals surface area (Å²) < 4.78 is 12.0. The summed E-state index contributed by atoms with van der Waals surface area (Å²) in [6.45, 7) is 8.82. The van der Waals surface area contributed by atoms with Crippen LogP contribution in [0.5, 0.6) is 0 Å². The maximum absolute atomic E-state index is 13.7. The van der Waals surface area contributed by atoms with Crippen LogP contribution in [-0.2, 0) is 19.1 Å². The van der Waals surface area contributed by atoms with Gasteiger partial charge in [0.2, 0.25) is 11.8 Å². The van der Waals surface area contributed by atoms with Gasteiger partial charge in [0.25, 0.3) is 0 Å². The van der Waals surface area contributed by atoms with Gasteiger partial charge in [-0.3, -0.25) is 9.59 Å². The minimum Gasteiger partial charge on any atom is -0.453 e. The molecule has 58 heavy (non-hydrogen) atoms. The molecule has 4 atom stereocenters. The molecule has 0 bridgehead atoms. The van der Waals surface area contributed by atoms with Crippen LogP contribution in [0.3, 0.4) is 0 Å². The second-order valence-corrected chi connectivity index (χ2v) is 17.5. The van der Waals surface area contributed by atoms with Crippen molar-refractivity contribution in [2.24, 2.45) is 11.8 Å². The predicted molar refractivity (Wildman–Crippen MR) is 226 cm³/mol. The normalized spacial score (nSPS) is 18.1. The average Bonchev–Trinajstić information content (AvgIpc) is 4.07. The van der Waals surface area contributed by atoms with Crippen LogP contribution in [0.15, 0.2) is 47.2 Å². The van der Waals surface area contributed by atoms with E-state index in [-0.39, 0.29) is 35.7 Å². The molecular formula is C42H48N8O6S2. The third kappa shape index (κ3) is 7.27. The first kappa shape index (κ1) is 39.4. The van der Waals surface area contributed by atoms with Gasteiger partial charge in [0.05, 0.1) is 57.8 Å². The molecule has 16 heteroatoms. The van der Waals surface area contributed by atoms with Crippen molar-refractivity contribution in [3.8, 4) is 22.3 Å². The van der Waals surface area contributed by atoms with Crippen molar-refractivity contribution in [2.45, 2.75) is 77.5 Å². The largest absolute Gasteiger partial charge is 0.453 e. The van der Waals surface area contributed by atoms with Gasteiger partial charge in [-0.2, -0.15) is 0 Å². The molecule has 2 aliphatic rings. The number of fused-ring (bicyclic) bond motifs is 3. The third-order valence-electron chi connectivity index (χ3n) is 11.4. The number of carbonyl (C=O) groups is 4. The van der Waals surface area contributed by atoms with Gasteiger partial charge < -0.3 is 39.9 Å². The van der Waals surface area contributed by atoms with Crippen molar-refractivity contribution in [1.29, 1.82) is 0 Å². The van der Waals surface area contributed by atoms with Crippen LogP contribution in [0, 0.1) is 11.8 Å². The highest BCUT2D eigenvalue weighted by Crippen LogP contribution is 2.45. The Bertz CT molecular complexity index is 2350. The van der Waals surface area contributed by atoms with E-state index in [4.69, 9.17) is 19.4 Å². The van der Waals surface area contributed by atoms with Crippen LogP contribution in [-0.4, -0.2) is 93.1 Å². The lowest BCUT2D eigenvalue weighted by atomic mass is 10.0. The van der Waals surface area contributed by atoms with Gasteiger partial charge in [-0.05, 0) is 72.9 Å². The number of ether oxygens (including phenoxy) is 2. The summed E-state index contributed by atoms with van der Waals surface area (Å²) >= 11 is 3.44. The topological polar surface area (TPSA) is 175 Å². The van der Waals surface area contributed by atoms with E-state index in [1.165, 1.54) is 23.6 Å². The minimum atomic E-state index is -0.693. The molecule has 2 fully saturated rings. The number of carbonyl (C=O) groups excluding carboxylic acids is 4. The van der Waals surface area contributed by atoms with Crippen LogP contribution in [0.1, 0.15) is 77.1 Å². The summed E-state index contributed by atoms with van der Waals surface area (Å²) in [6.07, 6.45) is 2.01. The van der Waals surface area contributed by atoms with Crippen LogP contribution < -0.4 is 10.6 Å². The molecule has 6 aromatic rings. The van der Waals surface area contributed by atoms with Crippen LogP contribution in [0.25, 0.3) is 53.7 Å². The Kier molecular flexibility index (Phi) is 10.9. The number of thiophene rings is 2. The highest BCUT2D eigenvalue weighted by Gasteiger charge is 2.39. The van der Waals surface area contributed by atoms with Crippen molar-refractivity contribution in [3.63, 3.8) is 0 Å². The number of aromatic amines is 2. The smallest absolute Gasteiger partial charge is 0.407 e. The molecule has 6 heterocycles. The molecule has 304 valence electrons. The number of aromatic nitrogens is 4. The highest BCUT2D eigenvalue weighted by atomic mass is 32.1. The number of hydrogen-bond acceptors (Lipinski definition) is 10. The fourth-order valence-corrected chi connectivity index (χ4v) is 10.8. The monoisotopic (exact) mass is 824 g/mol. The summed E-state index contributed by atoms with van der Waals surface area (Å²) in [5.41, 5.74) is 7.93. The van der Waals surface area contributed by atoms with Gasteiger partial charge in [0.1, 0.15) is 23.7 Å². The molecule has 0 radical (unpaired) electrons. The van der Waals surface area contributed by atoms with Gasteiger partial charge in [-0.25, -0.2) is 19.6 Å². The molecule has 4 aromatic heterocycles. The van der Waals surface area contributed by atoms with Crippen molar-refractivity contribution >= 4 is 78.1 Å². The minimum absolute atomic E-state index is 0.109. The summed E-state index contributed by atoms with van der Waals surface area (Å²) in [5.74, 6) is 0.997. The molecule has 4 amide bonds. The predicted octanol–water partition coefficient (Wildman–Crippen LogP) is 8.14. The van der Waals surface area contributed by atoms with E-state index in [0.717, 1.165) is 81.7 Å². The lowest BCUT2D eigenvalue weighted by Crippen LogP contribution is -2.51. The van der Waals surface area contributed by atoms with Gasteiger partial charge >= 0.3 is 12.2 Å². The maximum atomic E-state index is 13.7. The lowest BCUT2D eigenvalue weighted by molar-refractivity contribution is -0.136. The van der Waals surface area contributed by atoms with E-state index in [1.54, 1.807) is 22.7 Å². The fraction of sp³-hybridized carbons (Fsp3) is 0.429. The number of nitrogens with zero attached hydrogens (tertiary/aromatic N) is 4. The second kappa shape index (κ2) is 16.0. The van der Waals surface area contributed by atoms with E-state index >= 15 is 0 Å². The van der Waals surface area contributed by atoms with Gasteiger partial charge in [-0.15, -0.1) is 22.7 Å². The standard InChI is InChI=1S/C42H48N8O6S2/c1-21(2)33(47-41(53)55-5)39(51)49-15-7-9-31(49)37-43-27-13-11-23(17-29(27)45-37)25-19-57-36-26(20-58-35(25)36)24-12-14-28-30(18-24)46-38(44-28)32-10-8-16-50(32)40(52)34(22(3)4)48-42(54)56-6/h11-14,17-22,31-34H,7-10,15-16H2,1-6H3,(H,43,45)(H,44,46)(H,47,53)(H,48,54)/t31-,32-,33-,34-/m0/s1. The Balaban J connectivity index is 1.02. The first-order chi connectivity index (χ1) is 27.9. The van der Waals surface area contributed by atoms with Crippen molar-refractivity contribution in [1.82, 2.24) is 40.4 Å². The number of benzene rings is 2. The number of nitrogens with one attached hydrogen (secondary N) is 4. The van der Waals surface area contributed by atoms with Crippen LogP contribution in [0.2, 0.25) is 0 Å². The first-order valence-corrected chi connectivity index (χ1v) is 21.5. The molecule has 0 aliphatic carbocycles. The molecule has 2 aliphatic heterocycles. The number of methoxy groups -OCH3 is 2. The Labute approximate surface area is 343 Å². The van der Waals surface area contributed by atoms with Gasteiger partial charge in [0.15, 0.2) is 0 Å². The Morgan fingerprint density at radius 2 is 1.10 bits per heavy atom. The van der Waals surface area contributed by atoms with Crippen molar-refractivity contribution in [2.75, 3.05) is 27.3 Å². The second-order valence-electron chi connectivity index (χ2n) is 15.8. The number of imidazole rings is 2. The molecule has 2 saturated heterocycles. The SMILES string of the molecule is COC(=O)N[C@H](C(=O)N1CCC[C@H]1c1nc2ccc(-c3csc4c(-c5ccc6nc([C@@H]7CCCN7C(=O)[C@@H](NC(=O)OC)C(C)C)[nH]c6c5)csc34)cc2[nH]1)C(C)C. The van der Waals surface area contributed by atoms with Crippen molar-refractivity contribution < 1.29 is 28.7 Å². The first-order valence-electron chi connectivity index (χ1n) is 19.7. The highest BCUT2D eigenvalue weighted by molar-refractivity contribution is 7.27. The summed E-state index contributed by atoms with van der Waals surface area (Å²) in [7, 11) is 2.59. The zero-order chi connectivity index (χ0) is 40.8. The number of likely N-dealkylation sites (tertiary alicyclic amines) is 2. The van der Waals surface area contributed by atoms with E-state index in [9.17, 15) is 19.2 Å². The van der Waals surface area contributed by atoms with Gasteiger partial charge in [0, 0.05) is 35.0 Å². The number of hydrogen-bond donors (Lipinski definition) is 4. The molecule has 0 saturated carbocycles. The van der Waals surface area contributed by atoms with E-state index in [1.807, 2.05) is 49.6 Å². The zero-order valence-corrected chi connectivity index (χ0v) is 35.0. The molecule has 14 nitrogen and oxygen atoms in total. The van der Waals surface area contributed by atoms with Crippen LogP contribution >= 0.6 is 22.7 Å². The Morgan fingerprint density at radius 1 is 0.690 bits per heavy atom. The summed E-state index contributed by atoms with van der Waals surface area (Å²) in [4.78, 5) is 72.0. The number of rotatable bonds is 10. The molecular weight excluding hydrogens is 777 g/mol. The summed E-state index contributed by atoms with van der Waals surface area (Å²) in [5, 5.41) is 9.85. The van der Waals surface area contributed by atoms with E-state index in [0.29, 0.717) is 13.1 Å². The molecule has 0 spiro atoms. The quantitative estimate of drug-likeness (QED) is 0.107. The number of amides is 4. The molecule has 8 rings (SSSR count). The lowest BCUT2D eigenvalue weighted by Gasteiger charge is -2.29. The van der Waals surface area contributed by atoms with E-state index in [2.05, 4.69) is 55.6 Å². The number of alkyl carbamates (subject to hydrolysis) is 2. The maximum Gasteiger partial charge on any atom is 0.407 e. The average molecular weight is 825 g/mol. The zero-order valence-electron chi connectivity index (χ0n) is 33.4. The number of H-pyrrole nitrogens is 2. The molecule has 2 aromatic carbocycles.